The van der Waals surface area contributed by atoms with Crippen molar-refractivity contribution < 1.29 is 9.84 Å². The van der Waals surface area contributed by atoms with E-state index < -0.39 is 5.60 Å². The maximum Gasteiger partial charge on any atom is 0.0795 e. The van der Waals surface area contributed by atoms with Gasteiger partial charge in [0, 0.05) is 11.8 Å². The molecule has 2 saturated heterocycles. The third kappa shape index (κ3) is 1.38. The van der Waals surface area contributed by atoms with Crippen LogP contribution in [0.4, 0.5) is 0 Å². The van der Waals surface area contributed by atoms with Gasteiger partial charge in [-0.1, -0.05) is 34.6 Å². The highest BCUT2D eigenvalue weighted by atomic mass is 16.5. The summed E-state index contributed by atoms with van der Waals surface area (Å²) in [7, 11) is 0. The lowest BCUT2D eigenvalue weighted by Crippen LogP contribution is -2.61. The van der Waals surface area contributed by atoms with E-state index in [-0.39, 0.29) is 29.5 Å². The molecule has 0 aromatic carbocycles. The van der Waals surface area contributed by atoms with E-state index in [1.807, 2.05) is 0 Å². The van der Waals surface area contributed by atoms with Crippen molar-refractivity contribution in [1.82, 2.24) is 0 Å². The standard InChI is InChI=1S/C13H24O2/c1-8-10-6-7-11(15-10)9(2)13(8,14)12(3,4)5/h8-11,14H,6-7H2,1-5H3/t8-,9+,10+,11-,13?. The van der Waals surface area contributed by atoms with Crippen LogP contribution in [0.1, 0.15) is 47.5 Å². The van der Waals surface area contributed by atoms with Gasteiger partial charge in [-0.3, -0.25) is 0 Å². The number of rotatable bonds is 0. The van der Waals surface area contributed by atoms with Gasteiger partial charge in [-0.05, 0) is 18.3 Å². The lowest BCUT2D eigenvalue weighted by molar-refractivity contribution is -0.231. The fourth-order valence-electron chi connectivity index (χ4n) is 3.77. The van der Waals surface area contributed by atoms with Gasteiger partial charge in [0.25, 0.3) is 0 Å². The van der Waals surface area contributed by atoms with Crippen molar-refractivity contribution in [3.8, 4) is 0 Å². The molecular weight excluding hydrogens is 188 g/mol. The summed E-state index contributed by atoms with van der Waals surface area (Å²) in [6.45, 7) is 10.7. The Kier molecular flexibility index (Phi) is 2.44. The van der Waals surface area contributed by atoms with Crippen molar-refractivity contribution in [2.24, 2.45) is 17.3 Å². The maximum absolute atomic E-state index is 11.0. The summed E-state index contributed by atoms with van der Waals surface area (Å²) < 4.78 is 5.95. The lowest BCUT2D eigenvalue weighted by atomic mass is 9.60. The minimum atomic E-state index is -0.586. The van der Waals surface area contributed by atoms with Crippen molar-refractivity contribution in [3.05, 3.63) is 0 Å². The smallest absolute Gasteiger partial charge is 0.0795 e. The first-order chi connectivity index (χ1) is 6.78. The zero-order valence-corrected chi connectivity index (χ0v) is 10.6. The molecule has 0 radical (unpaired) electrons. The number of fused-ring (bicyclic) bond motifs is 2. The molecule has 0 saturated carbocycles. The van der Waals surface area contributed by atoms with Gasteiger partial charge >= 0.3 is 0 Å². The first-order valence-electron chi connectivity index (χ1n) is 6.16. The molecule has 5 atom stereocenters. The molecule has 88 valence electrons. The molecule has 0 spiro atoms. The van der Waals surface area contributed by atoms with Crippen LogP contribution < -0.4 is 0 Å². The Hall–Kier alpha value is -0.0800. The first kappa shape index (κ1) is 11.4. The van der Waals surface area contributed by atoms with Crippen LogP contribution in [0.5, 0.6) is 0 Å². The Morgan fingerprint density at radius 1 is 1.07 bits per heavy atom. The topological polar surface area (TPSA) is 29.5 Å². The van der Waals surface area contributed by atoms with E-state index in [0.717, 1.165) is 12.8 Å². The van der Waals surface area contributed by atoms with Crippen LogP contribution >= 0.6 is 0 Å². The van der Waals surface area contributed by atoms with E-state index in [1.54, 1.807) is 0 Å². The van der Waals surface area contributed by atoms with Gasteiger partial charge in [-0.2, -0.15) is 0 Å². The number of ether oxygens (including phenoxy) is 1. The molecule has 1 N–H and O–H groups in total. The van der Waals surface area contributed by atoms with Crippen LogP contribution in [0.15, 0.2) is 0 Å². The SMILES string of the molecule is C[C@@H]1[C@@H]2CC[C@@H](O2)[C@H](C)C1(O)C(C)(C)C. The Morgan fingerprint density at radius 3 is 1.80 bits per heavy atom. The second kappa shape index (κ2) is 3.21. The summed E-state index contributed by atoms with van der Waals surface area (Å²) in [6.07, 6.45) is 2.79. The zero-order chi connectivity index (χ0) is 11.4. The monoisotopic (exact) mass is 212 g/mol. The van der Waals surface area contributed by atoms with E-state index >= 15 is 0 Å². The Balaban J connectivity index is 2.38. The summed E-state index contributed by atoms with van der Waals surface area (Å²) in [5.41, 5.74) is -0.659. The van der Waals surface area contributed by atoms with Crippen LogP contribution in [0.2, 0.25) is 0 Å². The molecule has 15 heavy (non-hydrogen) atoms. The summed E-state index contributed by atoms with van der Waals surface area (Å²) in [6, 6.07) is 0. The number of aliphatic hydroxyl groups is 1. The second-order valence-corrected chi connectivity index (χ2v) is 6.44. The molecule has 2 rings (SSSR count). The molecule has 0 amide bonds. The Morgan fingerprint density at radius 2 is 1.47 bits per heavy atom. The van der Waals surface area contributed by atoms with E-state index in [2.05, 4.69) is 34.6 Å². The van der Waals surface area contributed by atoms with Gasteiger partial charge in [-0.25, -0.2) is 0 Å². The molecular formula is C13H24O2. The van der Waals surface area contributed by atoms with E-state index in [1.165, 1.54) is 0 Å². The third-order valence-electron chi connectivity index (χ3n) is 4.79. The van der Waals surface area contributed by atoms with Crippen LogP contribution in [-0.2, 0) is 4.74 Å². The van der Waals surface area contributed by atoms with Crippen LogP contribution in [0, 0.1) is 17.3 Å². The minimum Gasteiger partial charge on any atom is -0.389 e. The molecule has 0 aromatic rings. The van der Waals surface area contributed by atoms with Crippen molar-refractivity contribution in [2.45, 2.75) is 65.3 Å². The summed E-state index contributed by atoms with van der Waals surface area (Å²) in [4.78, 5) is 0. The van der Waals surface area contributed by atoms with Crippen LogP contribution in [0.25, 0.3) is 0 Å². The molecule has 2 aliphatic heterocycles. The van der Waals surface area contributed by atoms with Gasteiger partial charge < -0.3 is 9.84 Å². The maximum atomic E-state index is 11.0. The molecule has 0 aromatic heterocycles. The highest BCUT2D eigenvalue weighted by Crippen LogP contribution is 2.53. The molecule has 2 aliphatic rings. The van der Waals surface area contributed by atoms with Crippen LogP contribution in [-0.4, -0.2) is 22.9 Å². The van der Waals surface area contributed by atoms with Gasteiger partial charge in [-0.15, -0.1) is 0 Å². The van der Waals surface area contributed by atoms with Crippen LogP contribution in [0.3, 0.4) is 0 Å². The van der Waals surface area contributed by atoms with E-state index in [0.29, 0.717) is 0 Å². The fourth-order valence-corrected chi connectivity index (χ4v) is 3.77. The molecule has 0 aliphatic carbocycles. The molecule has 2 bridgehead atoms. The van der Waals surface area contributed by atoms with Crippen molar-refractivity contribution in [3.63, 3.8) is 0 Å². The second-order valence-electron chi connectivity index (χ2n) is 6.44. The lowest BCUT2D eigenvalue weighted by Gasteiger charge is -2.54. The average Bonchev–Trinajstić information content (AvgIpc) is 2.56. The van der Waals surface area contributed by atoms with Gasteiger partial charge in [0.15, 0.2) is 0 Å². The zero-order valence-electron chi connectivity index (χ0n) is 10.6. The molecule has 2 nitrogen and oxygen atoms in total. The Bertz CT molecular complexity index is 238. The summed E-state index contributed by atoms with van der Waals surface area (Å²) >= 11 is 0. The summed E-state index contributed by atoms with van der Waals surface area (Å²) in [5.74, 6) is 0.484. The Labute approximate surface area is 93.0 Å². The first-order valence-corrected chi connectivity index (χ1v) is 6.16. The molecule has 2 fully saturated rings. The van der Waals surface area contributed by atoms with E-state index in [4.69, 9.17) is 4.74 Å². The number of hydrogen-bond acceptors (Lipinski definition) is 2. The average molecular weight is 212 g/mol. The van der Waals surface area contributed by atoms with Gasteiger partial charge in [0.05, 0.1) is 17.8 Å². The largest absolute Gasteiger partial charge is 0.389 e. The molecule has 1 unspecified atom stereocenters. The highest BCUT2D eigenvalue weighted by Gasteiger charge is 2.59. The van der Waals surface area contributed by atoms with E-state index in [9.17, 15) is 5.11 Å². The van der Waals surface area contributed by atoms with Crippen molar-refractivity contribution in [1.29, 1.82) is 0 Å². The van der Waals surface area contributed by atoms with Gasteiger partial charge in [0.2, 0.25) is 0 Å². The van der Waals surface area contributed by atoms with Crippen molar-refractivity contribution >= 4 is 0 Å². The molecule has 2 heteroatoms. The highest BCUT2D eigenvalue weighted by molar-refractivity contribution is 5.08. The quantitative estimate of drug-likeness (QED) is 0.669. The minimum absolute atomic E-state index is 0.0730. The summed E-state index contributed by atoms with van der Waals surface area (Å²) in [5, 5.41) is 11.0. The molecule has 2 heterocycles. The third-order valence-corrected chi connectivity index (χ3v) is 4.79. The predicted molar refractivity (Wildman–Crippen MR) is 60.6 cm³/mol. The predicted octanol–water partition coefficient (Wildman–Crippen LogP) is 2.60. The normalized spacial score (nSPS) is 50.8. The van der Waals surface area contributed by atoms with Gasteiger partial charge in [0.1, 0.15) is 0 Å². The number of hydrogen-bond donors (Lipinski definition) is 1. The van der Waals surface area contributed by atoms with Crippen molar-refractivity contribution in [2.75, 3.05) is 0 Å². The fraction of sp³-hybridized carbons (Fsp3) is 1.00.